The molecule has 3 N–H and O–H groups in total. The van der Waals surface area contributed by atoms with Gasteiger partial charge in [-0.15, -0.1) is 0 Å². The minimum atomic E-state index is -0.620. The number of hydrogen-bond acceptors (Lipinski definition) is 3. The first-order chi connectivity index (χ1) is 9.60. The van der Waals surface area contributed by atoms with Crippen LogP contribution in [0.1, 0.15) is 39.5 Å². The van der Waals surface area contributed by atoms with Crippen molar-refractivity contribution in [2.45, 2.75) is 45.6 Å². The summed E-state index contributed by atoms with van der Waals surface area (Å²) in [5, 5.41) is 3.41. The Morgan fingerprint density at radius 3 is 2.50 bits per heavy atom. The first kappa shape index (κ1) is 14.4. The van der Waals surface area contributed by atoms with E-state index in [9.17, 15) is 9.59 Å². The van der Waals surface area contributed by atoms with E-state index in [1.165, 1.54) is 19.3 Å². The lowest BCUT2D eigenvalue weighted by Gasteiger charge is -2.15. The monoisotopic (exact) mass is 275 g/mol. The SMILES string of the molecule is CCCCCC(C)Nc1ccc2[nH]c(=O)c(=O)[nH]c2c1. The van der Waals surface area contributed by atoms with Crippen molar-refractivity contribution in [3.8, 4) is 0 Å². The number of aromatic amines is 2. The number of hydrogen-bond donors (Lipinski definition) is 3. The van der Waals surface area contributed by atoms with E-state index in [0.717, 1.165) is 12.1 Å². The summed E-state index contributed by atoms with van der Waals surface area (Å²) in [5.74, 6) is 0. The number of nitrogens with one attached hydrogen (secondary N) is 3. The zero-order chi connectivity index (χ0) is 14.5. The second kappa shape index (κ2) is 6.41. The topological polar surface area (TPSA) is 77.8 Å². The molecule has 5 heteroatoms. The molecule has 0 saturated heterocycles. The molecule has 1 atom stereocenters. The van der Waals surface area contributed by atoms with E-state index in [-0.39, 0.29) is 0 Å². The van der Waals surface area contributed by atoms with Crippen LogP contribution in [-0.2, 0) is 0 Å². The molecule has 0 spiro atoms. The Balaban J connectivity index is 2.13. The van der Waals surface area contributed by atoms with Gasteiger partial charge < -0.3 is 15.3 Å². The molecule has 0 amide bonds. The number of aromatic nitrogens is 2. The number of H-pyrrole nitrogens is 2. The third-order valence-corrected chi connectivity index (χ3v) is 3.38. The summed E-state index contributed by atoms with van der Waals surface area (Å²) in [6.45, 7) is 4.34. The Morgan fingerprint density at radius 1 is 1.10 bits per heavy atom. The second-order valence-corrected chi connectivity index (χ2v) is 5.21. The summed E-state index contributed by atoms with van der Waals surface area (Å²) in [7, 11) is 0. The van der Waals surface area contributed by atoms with Gasteiger partial charge in [-0.1, -0.05) is 26.2 Å². The molecular weight excluding hydrogens is 254 g/mol. The molecule has 5 nitrogen and oxygen atoms in total. The molecule has 0 aliphatic rings. The molecule has 2 rings (SSSR count). The fourth-order valence-electron chi connectivity index (χ4n) is 2.26. The average Bonchev–Trinajstić information content (AvgIpc) is 2.41. The minimum Gasteiger partial charge on any atom is -0.383 e. The third kappa shape index (κ3) is 3.50. The highest BCUT2D eigenvalue weighted by Crippen LogP contribution is 2.16. The summed E-state index contributed by atoms with van der Waals surface area (Å²) in [6.07, 6.45) is 4.80. The summed E-state index contributed by atoms with van der Waals surface area (Å²) >= 11 is 0. The molecule has 1 heterocycles. The van der Waals surface area contributed by atoms with Crippen LogP contribution in [0.25, 0.3) is 11.0 Å². The van der Waals surface area contributed by atoms with Crippen LogP contribution in [-0.4, -0.2) is 16.0 Å². The van der Waals surface area contributed by atoms with E-state index < -0.39 is 11.1 Å². The zero-order valence-corrected chi connectivity index (χ0v) is 12.0. The third-order valence-electron chi connectivity index (χ3n) is 3.38. The van der Waals surface area contributed by atoms with Gasteiger partial charge in [-0.2, -0.15) is 0 Å². The fraction of sp³-hybridized carbons (Fsp3) is 0.467. The quantitative estimate of drug-likeness (QED) is 0.560. The van der Waals surface area contributed by atoms with Crippen LogP contribution in [0.5, 0.6) is 0 Å². The molecule has 0 aliphatic heterocycles. The molecule has 0 radical (unpaired) electrons. The number of anilines is 1. The Hall–Kier alpha value is -2.04. The highest BCUT2D eigenvalue weighted by molar-refractivity contribution is 5.78. The Labute approximate surface area is 117 Å². The maximum atomic E-state index is 11.3. The lowest BCUT2D eigenvalue weighted by atomic mass is 10.1. The molecule has 2 aromatic rings. The zero-order valence-electron chi connectivity index (χ0n) is 12.0. The van der Waals surface area contributed by atoms with Crippen LogP contribution in [0.2, 0.25) is 0 Å². The van der Waals surface area contributed by atoms with Gasteiger partial charge in [0, 0.05) is 11.7 Å². The van der Waals surface area contributed by atoms with Crippen molar-refractivity contribution in [1.82, 2.24) is 9.97 Å². The molecule has 0 bridgehead atoms. The van der Waals surface area contributed by atoms with Crippen molar-refractivity contribution in [1.29, 1.82) is 0 Å². The summed E-state index contributed by atoms with van der Waals surface area (Å²) < 4.78 is 0. The number of benzene rings is 1. The average molecular weight is 275 g/mol. The van der Waals surface area contributed by atoms with E-state index in [2.05, 4.69) is 29.1 Å². The van der Waals surface area contributed by atoms with Crippen molar-refractivity contribution in [3.63, 3.8) is 0 Å². The maximum Gasteiger partial charge on any atom is 0.314 e. The van der Waals surface area contributed by atoms with E-state index in [1.807, 2.05) is 12.1 Å². The van der Waals surface area contributed by atoms with Crippen LogP contribution in [0, 0.1) is 0 Å². The van der Waals surface area contributed by atoms with Crippen LogP contribution in [0.15, 0.2) is 27.8 Å². The lowest BCUT2D eigenvalue weighted by molar-refractivity contribution is 0.615. The highest BCUT2D eigenvalue weighted by atomic mass is 16.2. The van der Waals surface area contributed by atoms with Crippen LogP contribution >= 0.6 is 0 Å². The van der Waals surface area contributed by atoms with Crippen molar-refractivity contribution >= 4 is 16.7 Å². The largest absolute Gasteiger partial charge is 0.383 e. The van der Waals surface area contributed by atoms with Gasteiger partial charge in [0.05, 0.1) is 11.0 Å². The maximum absolute atomic E-state index is 11.3. The number of fused-ring (bicyclic) bond motifs is 1. The van der Waals surface area contributed by atoms with Gasteiger partial charge in [0.1, 0.15) is 0 Å². The molecule has 0 fully saturated rings. The van der Waals surface area contributed by atoms with E-state index >= 15 is 0 Å². The summed E-state index contributed by atoms with van der Waals surface area (Å²) in [5.41, 5.74) is 0.986. The van der Waals surface area contributed by atoms with E-state index in [0.29, 0.717) is 17.1 Å². The highest BCUT2D eigenvalue weighted by Gasteiger charge is 2.04. The Morgan fingerprint density at radius 2 is 1.80 bits per heavy atom. The van der Waals surface area contributed by atoms with E-state index in [1.54, 1.807) is 6.07 Å². The van der Waals surface area contributed by atoms with Crippen LogP contribution in [0.3, 0.4) is 0 Å². The van der Waals surface area contributed by atoms with Crippen LogP contribution < -0.4 is 16.4 Å². The summed E-state index contributed by atoms with van der Waals surface area (Å²) in [6, 6.07) is 5.94. The molecule has 1 unspecified atom stereocenters. The minimum absolute atomic E-state index is 0.383. The van der Waals surface area contributed by atoms with Crippen molar-refractivity contribution in [2.24, 2.45) is 0 Å². The standard InChI is InChI=1S/C15H21N3O2/c1-3-4-5-6-10(2)16-11-7-8-12-13(9-11)18-15(20)14(19)17-12/h7-10,16H,3-6H2,1-2H3,(H,17,19)(H,18,20). The van der Waals surface area contributed by atoms with Gasteiger partial charge in [-0.25, -0.2) is 0 Å². The van der Waals surface area contributed by atoms with Gasteiger partial charge in [0.2, 0.25) is 0 Å². The Kier molecular flexibility index (Phi) is 4.61. The normalized spacial score (nSPS) is 12.5. The van der Waals surface area contributed by atoms with Gasteiger partial charge in [0.15, 0.2) is 0 Å². The van der Waals surface area contributed by atoms with Gasteiger partial charge in [-0.05, 0) is 31.5 Å². The van der Waals surface area contributed by atoms with Crippen LogP contribution in [0.4, 0.5) is 5.69 Å². The predicted octanol–water partition coefficient (Wildman–Crippen LogP) is 2.60. The molecule has 20 heavy (non-hydrogen) atoms. The fourth-order valence-corrected chi connectivity index (χ4v) is 2.26. The molecular formula is C15H21N3O2. The predicted molar refractivity (Wildman–Crippen MR) is 82.4 cm³/mol. The smallest absolute Gasteiger partial charge is 0.314 e. The molecule has 1 aromatic heterocycles. The number of unbranched alkanes of at least 4 members (excludes halogenated alkanes) is 2. The Bertz CT molecular complexity index is 687. The molecule has 1 aromatic carbocycles. The van der Waals surface area contributed by atoms with Gasteiger partial charge >= 0.3 is 11.1 Å². The first-order valence-corrected chi connectivity index (χ1v) is 7.13. The first-order valence-electron chi connectivity index (χ1n) is 7.13. The molecule has 0 aliphatic carbocycles. The van der Waals surface area contributed by atoms with E-state index in [4.69, 9.17) is 0 Å². The molecule has 0 saturated carbocycles. The van der Waals surface area contributed by atoms with Gasteiger partial charge in [0.25, 0.3) is 0 Å². The molecule has 108 valence electrons. The lowest BCUT2D eigenvalue weighted by Crippen LogP contribution is -2.28. The second-order valence-electron chi connectivity index (χ2n) is 5.21. The van der Waals surface area contributed by atoms with Crippen molar-refractivity contribution in [3.05, 3.63) is 38.9 Å². The van der Waals surface area contributed by atoms with Crippen molar-refractivity contribution in [2.75, 3.05) is 5.32 Å². The summed E-state index contributed by atoms with van der Waals surface area (Å²) in [4.78, 5) is 27.7. The van der Waals surface area contributed by atoms with Crippen molar-refractivity contribution < 1.29 is 0 Å². The number of rotatable bonds is 6. The van der Waals surface area contributed by atoms with Gasteiger partial charge in [-0.3, -0.25) is 9.59 Å².